The molecule has 0 saturated carbocycles. The highest BCUT2D eigenvalue weighted by atomic mass is 32.2. The minimum absolute atomic E-state index is 0.0972. The lowest BCUT2D eigenvalue weighted by Crippen LogP contribution is -2.13. The Morgan fingerprint density at radius 3 is 2.23 bits per heavy atom. The van der Waals surface area contributed by atoms with Crippen molar-refractivity contribution in [1.29, 1.82) is 0 Å². The van der Waals surface area contributed by atoms with Crippen molar-refractivity contribution in [1.82, 2.24) is 5.16 Å². The van der Waals surface area contributed by atoms with Crippen LogP contribution >= 0.6 is 0 Å². The number of nitrogens with one attached hydrogen (secondary N) is 1. The van der Waals surface area contributed by atoms with Crippen LogP contribution in [0.1, 0.15) is 11.3 Å². The Morgan fingerprint density at radius 2 is 1.82 bits per heavy atom. The van der Waals surface area contributed by atoms with Crippen LogP contribution in [0.4, 0.5) is 11.6 Å². The number of nitrogens with zero attached hydrogens (tertiary/aromatic N) is 1. The Labute approximate surface area is 129 Å². The molecule has 1 heterocycles. The van der Waals surface area contributed by atoms with Gasteiger partial charge in [-0.15, -0.1) is 0 Å². The van der Waals surface area contributed by atoms with Gasteiger partial charge in [0.05, 0.1) is 17.2 Å². The van der Waals surface area contributed by atoms with Gasteiger partial charge in [-0.3, -0.25) is 0 Å². The third kappa shape index (κ3) is 4.72. The smallest absolute Gasteiger partial charge is 0.264 e. The van der Waals surface area contributed by atoms with E-state index in [2.05, 4.69) is 9.88 Å². The zero-order chi connectivity index (χ0) is 16.8. The number of aliphatic hydroxyl groups excluding tert-OH is 1. The molecule has 2 rings (SSSR count). The molecule has 0 fully saturated rings. The summed E-state index contributed by atoms with van der Waals surface area (Å²) >= 11 is 0. The average molecular weight is 328 g/mol. The molecule has 122 valence electrons. The summed E-state index contributed by atoms with van der Waals surface area (Å²) in [5, 5.41) is 11.4. The number of sulfonamides is 1. The van der Waals surface area contributed by atoms with E-state index < -0.39 is 10.0 Å². The number of aromatic nitrogens is 1. The first kappa shape index (κ1) is 18.0. The fraction of sp³-hybridized carbons (Fsp3) is 0.308. The summed E-state index contributed by atoms with van der Waals surface area (Å²) in [7, 11) is -3.68. The number of nitrogens with two attached hydrogens (primary N) is 2. The molecule has 0 bridgehead atoms. The van der Waals surface area contributed by atoms with Crippen molar-refractivity contribution in [3.63, 3.8) is 0 Å². The Kier molecular flexibility index (Phi) is 6.35. The zero-order valence-corrected chi connectivity index (χ0v) is 13.2. The first-order valence-electron chi connectivity index (χ1n) is 6.44. The van der Waals surface area contributed by atoms with Crippen LogP contribution in [-0.4, -0.2) is 31.8 Å². The molecule has 0 unspecified atom stereocenters. The summed E-state index contributed by atoms with van der Waals surface area (Å²) < 4.78 is 31.3. The van der Waals surface area contributed by atoms with Crippen molar-refractivity contribution >= 4 is 21.6 Å². The average Bonchev–Trinajstić information content (AvgIpc) is 2.79. The fourth-order valence-corrected chi connectivity index (χ4v) is 2.39. The molecule has 6 N–H and O–H groups in total. The maximum atomic E-state index is 12.0. The lowest BCUT2D eigenvalue weighted by molar-refractivity contribution is 0.306. The van der Waals surface area contributed by atoms with Crippen LogP contribution in [-0.2, 0) is 10.0 Å². The third-order valence-corrected chi connectivity index (χ3v) is 4.05. The standard InChI is InChI=1S/C11H13N3O3S.C2H7NO/c1-7-8(2)13-17-11(7)14-18(15,16)10-5-3-9(12)4-6-10;3-1-2-4/h3-6,14H,12H2,1-2H3;4H,1-3H2. The molecule has 0 saturated heterocycles. The number of rotatable bonds is 4. The zero-order valence-electron chi connectivity index (χ0n) is 12.4. The number of aryl methyl sites for hydroxylation is 1. The molecule has 1 aromatic carbocycles. The van der Waals surface area contributed by atoms with Crippen LogP contribution in [0, 0.1) is 13.8 Å². The second-order valence-corrected chi connectivity index (χ2v) is 6.09. The minimum atomic E-state index is -3.68. The van der Waals surface area contributed by atoms with Gasteiger partial charge in [0, 0.05) is 17.8 Å². The normalized spacial score (nSPS) is 10.7. The van der Waals surface area contributed by atoms with Gasteiger partial charge in [0.1, 0.15) is 0 Å². The highest BCUT2D eigenvalue weighted by Gasteiger charge is 2.18. The number of benzene rings is 1. The Balaban J connectivity index is 0.000000541. The van der Waals surface area contributed by atoms with Crippen LogP contribution in [0.3, 0.4) is 0 Å². The van der Waals surface area contributed by atoms with Gasteiger partial charge in [0.15, 0.2) is 0 Å². The summed E-state index contributed by atoms with van der Waals surface area (Å²) in [5.41, 5.74) is 12.1. The number of nitrogen functional groups attached to an aromatic ring is 1. The van der Waals surface area contributed by atoms with Crippen molar-refractivity contribution in [3.05, 3.63) is 35.5 Å². The van der Waals surface area contributed by atoms with E-state index in [1.165, 1.54) is 24.3 Å². The molecule has 0 spiro atoms. The quantitative estimate of drug-likeness (QED) is 0.602. The van der Waals surface area contributed by atoms with Crippen LogP contribution in [0.25, 0.3) is 0 Å². The van der Waals surface area contributed by atoms with E-state index in [4.69, 9.17) is 21.1 Å². The van der Waals surface area contributed by atoms with Crippen molar-refractivity contribution in [3.8, 4) is 0 Å². The molecule has 22 heavy (non-hydrogen) atoms. The number of anilines is 2. The predicted octanol–water partition coefficient (Wildman–Crippen LogP) is 0.612. The monoisotopic (exact) mass is 328 g/mol. The van der Waals surface area contributed by atoms with Gasteiger partial charge in [-0.25, -0.2) is 13.1 Å². The lowest BCUT2D eigenvalue weighted by Gasteiger charge is -2.05. The van der Waals surface area contributed by atoms with Gasteiger partial charge in [-0.05, 0) is 38.1 Å². The van der Waals surface area contributed by atoms with E-state index >= 15 is 0 Å². The number of hydrogen-bond donors (Lipinski definition) is 4. The largest absolute Gasteiger partial charge is 0.399 e. The van der Waals surface area contributed by atoms with Crippen LogP contribution < -0.4 is 16.2 Å². The predicted molar refractivity (Wildman–Crippen MR) is 83.8 cm³/mol. The minimum Gasteiger partial charge on any atom is -0.399 e. The third-order valence-electron chi connectivity index (χ3n) is 2.70. The van der Waals surface area contributed by atoms with Gasteiger partial charge < -0.3 is 21.1 Å². The molecule has 2 aromatic rings. The molecule has 9 heteroatoms. The van der Waals surface area contributed by atoms with Gasteiger partial charge in [-0.1, -0.05) is 5.16 Å². The maximum absolute atomic E-state index is 12.0. The summed E-state index contributed by atoms with van der Waals surface area (Å²) in [6.45, 7) is 3.94. The molecule has 0 amide bonds. The molecule has 0 aliphatic rings. The molecule has 8 nitrogen and oxygen atoms in total. The van der Waals surface area contributed by atoms with Gasteiger partial charge in [0.25, 0.3) is 10.0 Å². The van der Waals surface area contributed by atoms with Crippen LogP contribution in [0.2, 0.25) is 0 Å². The van der Waals surface area contributed by atoms with Gasteiger partial charge in [0.2, 0.25) is 5.88 Å². The lowest BCUT2D eigenvalue weighted by atomic mass is 10.3. The van der Waals surface area contributed by atoms with Crippen molar-refractivity contribution in [2.75, 3.05) is 23.6 Å². The summed E-state index contributed by atoms with van der Waals surface area (Å²) in [5.74, 6) is 0.129. The topological polar surface area (TPSA) is 144 Å². The Morgan fingerprint density at radius 1 is 1.27 bits per heavy atom. The summed E-state index contributed by atoms with van der Waals surface area (Å²) in [6, 6.07) is 5.90. The SMILES string of the molecule is Cc1noc(NS(=O)(=O)c2ccc(N)cc2)c1C.NCCO. The number of hydrogen-bond acceptors (Lipinski definition) is 7. The highest BCUT2D eigenvalue weighted by molar-refractivity contribution is 7.92. The van der Waals surface area contributed by atoms with Gasteiger partial charge >= 0.3 is 0 Å². The summed E-state index contributed by atoms with van der Waals surface area (Å²) in [4.78, 5) is 0.116. The first-order chi connectivity index (χ1) is 10.3. The molecule has 0 atom stereocenters. The maximum Gasteiger partial charge on any atom is 0.264 e. The van der Waals surface area contributed by atoms with Gasteiger partial charge in [-0.2, -0.15) is 0 Å². The molecule has 0 radical (unpaired) electrons. The summed E-state index contributed by atoms with van der Waals surface area (Å²) in [6.07, 6.45) is 0. The van der Waals surface area contributed by atoms with Crippen molar-refractivity contribution in [2.24, 2.45) is 5.73 Å². The molecule has 1 aromatic heterocycles. The molecular weight excluding hydrogens is 308 g/mol. The Bertz CT molecular complexity index is 693. The van der Waals surface area contributed by atoms with E-state index in [-0.39, 0.29) is 17.4 Å². The molecule has 0 aliphatic carbocycles. The van der Waals surface area contributed by atoms with E-state index in [0.29, 0.717) is 23.5 Å². The van der Waals surface area contributed by atoms with Crippen LogP contribution in [0.15, 0.2) is 33.7 Å². The van der Waals surface area contributed by atoms with Crippen molar-refractivity contribution in [2.45, 2.75) is 18.7 Å². The van der Waals surface area contributed by atoms with Crippen molar-refractivity contribution < 1.29 is 18.0 Å². The van der Waals surface area contributed by atoms with E-state index in [0.717, 1.165) is 0 Å². The van der Waals surface area contributed by atoms with E-state index in [9.17, 15) is 8.42 Å². The second-order valence-electron chi connectivity index (χ2n) is 4.41. The number of aliphatic hydroxyl groups is 1. The van der Waals surface area contributed by atoms with E-state index in [1.54, 1.807) is 13.8 Å². The molecule has 0 aliphatic heterocycles. The van der Waals surface area contributed by atoms with E-state index in [1.807, 2.05) is 0 Å². The Hall–Kier alpha value is -2.10. The van der Waals surface area contributed by atoms with Crippen LogP contribution in [0.5, 0.6) is 0 Å². The first-order valence-corrected chi connectivity index (χ1v) is 7.92. The second kappa shape index (κ2) is 7.78. The fourth-order valence-electron chi connectivity index (χ4n) is 1.34. The molecular formula is C13H20N4O4S. The highest BCUT2D eigenvalue weighted by Crippen LogP contribution is 2.22.